The summed E-state index contributed by atoms with van der Waals surface area (Å²) < 4.78 is 15.7. The van der Waals surface area contributed by atoms with Crippen molar-refractivity contribution >= 4 is 11.6 Å². The van der Waals surface area contributed by atoms with Gasteiger partial charge in [-0.2, -0.15) is 5.21 Å². The molecule has 0 fully saturated rings. The Kier molecular flexibility index (Phi) is 6.05. The third kappa shape index (κ3) is 4.37. The highest BCUT2D eigenvalue weighted by Gasteiger charge is 2.26. The van der Waals surface area contributed by atoms with Crippen LogP contribution in [-0.2, 0) is 11.2 Å². The minimum atomic E-state index is -0.640. The lowest BCUT2D eigenvalue weighted by Gasteiger charge is -2.15. The Morgan fingerprint density at radius 3 is 2.39 bits per heavy atom. The summed E-state index contributed by atoms with van der Waals surface area (Å²) in [5.74, 6) is 1.33. The number of aromatic nitrogens is 4. The van der Waals surface area contributed by atoms with Crippen molar-refractivity contribution in [3.8, 4) is 17.2 Å². The van der Waals surface area contributed by atoms with E-state index in [0.717, 1.165) is 5.56 Å². The van der Waals surface area contributed by atoms with Crippen LogP contribution in [0.2, 0.25) is 0 Å². The van der Waals surface area contributed by atoms with Crippen LogP contribution < -0.4 is 19.5 Å². The van der Waals surface area contributed by atoms with E-state index in [-0.39, 0.29) is 5.91 Å². The molecule has 0 saturated heterocycles. The lowest BCUT2D eigenvalue weighted by Crippen LogP contribution is -2.24. The maximum absolute atomic E-state index is 12.9. The van der Waals surface area contributed by atoms with Gasteiger partial charge in [0.2, 0.25) is 5.91 Å². The molecule has 28 heavy (non-hydrogen) atoms. The Labute approximate surface area is 162 Å². The largest absolute Gasteiger partial charge is 0.497 e. The number of amides is 1. The molecule has 1 aromatic heterocycles. The highest BCUT2D eigenvalue weighted by atomic mass is 16.5. The maximum atomic E-state index is 12.9. The van der Waals surface area contributed by atoms with Gasteiger partial charge in [-0.3, -0.25) is 4.79 Å². The summed E-state index contributed by atoms with van der Waals surface area (Å²) in [6.45, 7) is 0. The summed E-state index contributed by atoms with van der Waals surface area (Å²) in [4.78, 5) is 12.9. The van der Waals surface area contributed by atoms with E-state index in [1.807, 2.05) is 12.1 Å². The van der Waals surface area contributed by atoms with E-state index in [1.165, 1.54) is 0 Å². The summed E-state index contributed by atoms with van der Waals surface area (Å²) in [6, 6.07) is 12.6. The van der Waals surface area contributed by atoms with Crippen molar-refractivity contribution in [2.75, 3.05) is 26.6 Å². The number of rotatable bonds is 8. The van der Waals surface area contributed by atoms with Crippen molar-refractivity contribution in [2.24, 2.45) is 0 Å². The molecule has 0 spiro atoms. The average Bonchev–Trinajstić information content (AvgIpc) is 3.26. The van der Waals surface area contributed by atoms with Crippen molar-refractivity contribution in [2.45, 2.75) is 12.3 Å². The van der Waals surface area contributed by atoms with E-state index >= 15 is 0 Å². The quantitative estimate of drug-likeness (QED) is 0.613. The van der Waals surface area contributed by atoms with Crippen molar-refractivity contribution in [3.05, 3.63) is 53.9 Å². The normalized spacial score (nSPS) is 11.5. The van der Waals surface area contributed by atoms with Gasteiger partial charge in [0.05, 0.1) is 21.3 Å². The minimum absolute atomic E-state index is 0.249. The number of tetrazole rings is 1. The van der Waals surface area contributed by atoms with Crippen LogP contribution in [-0.4, -0.2) is 47.9 Å². The molecule has 1 atom stereocenters. The number of ether oxygens (including phenoxy) is 3. The zero-order valence-corrected chi connectivity index (χ0v) is 15.8. The number of benzene rings is 2. The Hall–Kier alpha value is -3.62. The van der Waals surface area contributed by atoms with Gasteiger partial charge in [0.15, 0.2) is 17.3 Å². The molecule has 3 rings (SSSR count). The molecule has 1 heterocycles. The lowest BCUT2D eigenvalue weighted by atomic mass is 9.97. The van der Waals surface area contributed by atoms with E-state index in [4.69, 9.17) is 14.2 Å². The van der Waals surface area contributed by atoms with Crippen LogP contribution in [0.1, 0.15) is 17.3 Å². The molecule has 0 aliphatic carbocycles. The monoisotopic (exact) mass is 383 g/mol. The fourth-order valence-electron chi connectivity index (χ4n) is 2.77. The lowest BCUT2D eigenvalue weighted by molar-refractivity contribution is -0.117. The van der Waals surface area contributed by atoms with Crippen LogP contribution in [0.25, 0.3) is 0 Å². The number of hydrogen-bond acceptors (Lipinski definition) is 7. The number of anilines is 1. The molecule has 0 aliphatic rings. The second-order valence-electron chi connectivity index (χ2n) is 5.93. The van der Waals surface area contributed by atoms with Crippen LogP contribution in [0, 0.1) is 0 Å². The van der Waals surface area contributed by atoms with Crippen LogP contribution in [0.3, 0.4) is 0 Å². The maximum Gasteiger partial charge on any atom is 0.235 e. The fourth-order valence-corrected chi connectivity index (χ4v) is 2.77. The third-order valence-electron chi connectivity index (χ3n) is 4.24. The summed E-state index contributed by atoms with van der Waals surface area (Å²) in [6.07, 6.45) is 0.363. The first-order chi connectivity index (χ1) is 13.6. The number of carbonyl (C=O) groups excluding carboxylic acids is 1. The van der Waals surface area contributed by atoms with Crippen molar-refractivity contribution in [1.82, 2.24) is 20.6 Å². The van der Waals surface area contributed by atoms with Gasteiger partial charge in [0.1, 0.15) is 11.7 Å². The smallest absolute Gasteiger partial charge is 0.235 e. The zero-order chi connectivity index (χ0) is 19.9. The van der Waals surface area contributed by atoms with Gasteiger partial charge in [-0.15, -0.1) is 10.2 Å². The second kappa shape index (κ2) is 8.85. The van der Waals surface area contributed by atoms with Crippen LogP contribution >= 0.6 is 0 Å². The van der Waals surface area contributed by atoms with E-state index in [9.17, 15) is 4.79 Å². The standard InChI is InChI=1S/C19H21N5O4/c1-26-14-7-5-13(6-8-14)20-19(25)15(18-21-23-24-22-18)10-12-4-9-16(27-2)17(11-12)28-3/h4-9,11,15H,10H2,1-3H3,(H,20,25)(H,21,22,23,24). The van der Waals surface area contributed by atoms with Crippen LogP contribution in [0.4, 0.5) is 5.69 Å². The van der Waals surface area contributed by atoms with Gasteiger partial charge in [-0.25, -0.2) is 0 Å². The van der Waals surface area contributed by atoms with E-state index in [2.05, 4.69) is 25.9 Å². The first kappa shape index (κ1) is 19.2. The number of methoxy groups -OCH3 is 3. The minimum Gasteiger partial charge on any atom is -0.497 e. The topological polar surface area (TPSA) is 111 Å². The molecule has 0 radical (unpaired) electrons. The van der Waals surface area contributed by atoms with Crippen molar-refractivity contribution in [1.29, 1.82) is 0 Å². The highest BCUT2D eigenvalue weighted by molar-refractivity contribution is 5.95. The molecule has 2 N–H and O–H groups in total. The number of nitrogens with zero attached hydrogens (tertiary/aromatic N) is 3. The molecule has 0 saturated carbocycles. The van der Waals surface area contributed by atoms with E-state index in [0.29, 0.717) is 35.2 Å². The van der Waals surface area contributed by atoms with Gasteiger partial charge in [0, 0.05) is 5.69 Å². The average molecular weight is 383 g/mol. The number of H-pyrrole nitrogens is 1. The van der Waals surface area contributed by atoms with Crippen LogP contribution in [0.5, 0.6) is 17.2 Å². The zero-order valence-electron chi connectivity index (χ0n) is 15.8. The Morgan fingerprint density at radius 2 is 1.79 bits per heavy atom. The Bertz CT molecular complexity index is 913. The summed E-state index contributed by atoms with van der Waals surface area (Å²) >= 11 is 0. The highest BCUT2D eigenvalue weighted by Crippen LogP contribution is 2.30. The van der Waals surface area contributed by atoms with Gasteiger partial charge in [-0.05, 0) is 48.4 Å². The molecule has 0 bridgehead atoms. The predicted octanol–water partition coefficient (Wildman–Crippen LogP) is 2.19. The third-order valence-corrected chi connectivity index (χ3v) is 4.24. The molecular formula is C19H21N5O4. The Balaban J connectivity index is 1.82. The second-order valence-corrected chi connectivity index (χ2v) is 5.93. The fraction of sp³-hybridized carbons (Fsp3) is 0.263. The first-order valence-corrected chi connectivity index (χ1v) is 8.53. The van der Waals surface area contributed by atoms with Gasteiger partial charge in [0.25, 0.3) is 0 Å². The number of nitrogens with one attached hydrogen (secondary N) is 2. The molecule has 2 aromatic carbocycles. The van der Waals surface area contributed by atoms with Gasteiger partial charge in [-0.1, -0.05) is 11.3 Å². The van der Waals surface area contributed by atoms with E-state index in [1.54, 1.807) is 51.7 Å². The molecule has 3 aromatic rings. The number of carbonyl (C=O) groups is 1. The number of aromatic amines is 1. The van der Waals surface area contributed by atoms with Crippen molar-refractivity contribution < 1.29 is 19.0 Å². The van der Waals surface area contributed by atoms with Crippen molar-refractivity contribution in [3.63, 3.8) is 0 Å². The number of hydrogen-bond donors (Lipinski definition) is 2. The molecule has 1 amide bonds. The summed E-state index contributed by atoms with van der Waals surface area (Å²) in [5.41, 5.74) is 1.52. The molecular weight excluding hydrogens is 362 g/mol. The SMILES string of the molecule is COc1ccc(NC(=O)C(Cc2ccc(OC)c(OC)c2)c2nn[nH]n2)cc1. The molecule has 1 unspecified atom stereocenters. The molecule has 146 valence electrons. The van der Waals surface area contributed by atoms with Gasteiger partial charge < -0.3 is 19.5 Å². The first-order valence-electron chi connectivity index (χ1n) is 8.53. The van der Waals surface area contributed by atoms with E-state index < -0.39 is 5.92 Å². The molecule has 9 nitrogen and oxygen atoms in total. The predicted molar refractivity (Wildman–Crippen MR) is 102 cm³/mol. The summed E-state index contributed by atoms with van der Waals surface area (Å²) in [5, 5.41) is 16.9. The molecule has 9 heteroatoms. The van der Waals surface area contributed by atoms with Gasteiger partial charge >= 0.3 is 0 Å². The van der Waals surface area contributed by atoms with Crippen LogP contribution in [0.15, 0.2) is 42.5 Å². The summed E-state index contributed by atoms with van der Waals surface area (Å²) in [7, 11) is 4.72. The Morgan fingerprint density at radius 1 is 1.04 bits per heavy atom. The molecule has 0 aliphatic heterocycles.